The van der Waals surface area contributed by atoms with Gasteiger partial charge in [0.15, 0.2) is 0 Å². The van der Waals surface area contributed by atoms with Crippen LogP contribution in [-0.2, 0) is 4.79 Å². The Kier molecular flexibility index (Phi) is 5.03. The molecule has 0 aliphatic heterocycles. The zero-order valence-corrected chi connectivity index (χ0v) is 12.1. The Morgan fingerprint density at radius 1 is 1.14 bits per heavy atom. The summed E-state index contributed by atoms with van der Waals surface area (Å²) in [6.07, 6.45) is 3.04. The van der Waals surface area contributed by atoms with Crippen molar-refractivity contribution in [1.82, 2.24) is 5.32 Å². The summed E-state index contributed by atoms with van der Waals surface area (Å²) < 4.78 is 0. The van der Waals surface area contributed by atoms with Gasteiger partial charge in [0.1, 0.15) is 0 Å². The summed E-state index contributed by atoms with van der Waals surface area (Å²) in [5.74, 6) is -0.213. The first-order valence-corrected chi connectivity index (χ1v) is 6.84. The normalized spacial score (nSPS) is 12.0. The molecule has 1 N–H and O–H groups in total. The first-order valence-electron chi connectivity index (χ1n) is 6.84. The minimum atomic E-state index is -0.457. The third-order valence-electron chi connectivity index (χ3n) is 3.19. The molecule has 112 valence electrons. The monoisotopic (exact) mass is 296 g/mol. The van der Waals surface area contributed by atoms with Crippen molar-refractivity contribution in [3.05, 3.63) is 81.9 Å². The van der Waals surface area contributed by atoms with Gasteiger partial charge in [-0.25, -0.2) is 0 Å². The minimum absolute atomic E-state index is 0.0271. The minimum Gasteiger partial charge on any atom is -0.346 e. The van der Waals surface area contributed by atoms with Gasteiger partial charge < -0.3 is 5.32 Å². The molecule has 5 nitrogen and oxygen atoms in total. The van der Waals surface area contributed by atoms with Crippen LogP contribution in [0, 0.1) is 10.1 Å². The van der Waals surface area contributed by atoms with Crippen LogP contribution in [0.25, 0.3) is 6.08 Å². The van der Waals surface area contributed by atoms with Crippen molar-refractivity contribution in [3.8, 4) is 0 Å². The summed E-state index contributed by atoms with van der Waals surface area (Å²) in [7, 11) is 0. The molecule has 0 aromatic heterocycles. The van der Waals surface area contributed by atoms with Crippen molar-refractivity contribution in [3.63, 3.8) is 0 Å². The predicted molar refractivity (Wildman–Crippen MR) is 85.1 cm³/mol. The molecule has 0 radical (unpaired) electrons. The maximum absolute atomic E-state index is 11.9. The van der Waals surface area contributed by atoms with Crippen LogP contribution < -0.4 is 5.32 Å². The van der Waals surface area contributed by atoms with Gasteiger partial charge in [-0.05, 0) is 36.3 Å². The third kappa shape index (κ3) is 4.28. The second-order valence-electron chi connectivity index (χ2n) is 4.82. The van der Waals surface area contributed by atoms with E-state index >= 15 is 0 Å². The van der Waals surface area contributed by atoms with Crippen LogP contribution >= 0.6 is 0 Å². The molecule has 2 aromatic carbocycles. The molecule has 0 spiro atoms. The fraction of sp³-hybridized carbons (Fsp3) is 0.118. The highest BCUT2D eigenvalue weighted by Crippen LogP contribution is 2.13. The summed E-state index contributed by atoms with van der Waals surface area (Å²) in [5, 5.41) is 13.4. The summed E-state index contributed by atoms with van der Waals surface area (Å²) in [6, 6.07) is 15.6. The summed E-state index contributed by atoms with van der Waals surface area (Å²) in [6.45, 7) is 1.91. The van der Waals surface area contributed by atoms with Gasteiger partial charge >= 0.3 is 0 Å². The molecule has 2 aromatic rings. The molecule has 1 atom stereocenters. The summed E-state index contributed by atoms with van der Waals surface area (Å²) >= 11 is 0. The Labute approximate surface area is 128 Å². The fourth-order valence-corrected chi connectivity index (χ4v) is 1.97. The van der Waals surface area contributed by atoms with Crippen molar-refractivity contribution >= 4 is 17.7 Å². The van der Waals surface area contributed by atoms with Gasteiger partial charge in [0.25, 0.3) is 5.69 Å². The first-order chi connectivity index (χ1) is 10.6. The number of benzene rings is 2. The van der Waals surface area contributed by atoms with E-state index in [9.17, 15) is 14.9 Å². The van der Waals surface area contributed by atoms with E-state index in [1.54, 1.807) is 18.2 Å². The molecular formula is C17H16N2O3. The topological polar surface area (TPSA) is 72.2 Å². The predicted octanol–water partition coefficient (Wildman–Crippen LogP) is 3.49. The van der Waals surface area contributed by atoms with Gasteiger partial charge in [-0.15, -0.1) is 0 Å². The Morgan fingerprint density at radius 2 is 1.77 bits per heavy atom. The molecule has 2 rings (SSSR count). The van der Waals surface area contributed by atoms with Crippen LogP contribution in [0.1, 0.15) is 24.1 Å². The number of hydrogen-bond donors (Lipinski definition) is 1. The average Bonchev–Trinajstić information content (AvgIpc) is 2.54. The van der Waals surface area contributed by atoms with Gasteiger partial charge in [0.2, 0.25) is 5.91 Å². The van der Waals surface area contributed by atoms with Crippen LogP contribution in [0.2, 0.25) is 0 Å². The Bertz CT molecular complexity index is 679. The van der Waals surface area contributed by atoms with Crippen molar-refractivity contribution in [2.75, 3.05) is 0 Å². The van der Waals surface area contributed by atoms with E-state index in [1.165, 1.54) is 18.2 Å². The number of nitrogens with zero attached hydrogens (tertiary/aromatic N) is 1. The molecule has 0 fully saturated rings. The van der Waals surface area contributed by atoms with Crippen molar-refractivity contribution < 1.29 is 9.72 Å². The van der Waals surface area contributed by atoms with Crippen molar-refractivity contribution in [2.45, 2.75) is 13.0 Å². The zero-order valence-electron chi connectivity index (χ0n) is 12.1. The molecule has 0 saturated carbocycles. The lowest BCUT2D eigenvalue weighted by molar-refractivity contribution is -0.384. The fourth-order valence-electron chi connectivity index (χ4n) is 1.97. The highest BCUT2D eigenvalue weighted by Gasteiger charge is 2.06. The number of nitrogens with one attached hydrogen (secondary N) is 1. The molecule has 0 saturated heterocycles. The van der Waals surface area contributed by atoms with Crippen LogP contribution in [0.4, 0.5) is 5.69 Å². The number of rotatable bonds is 5. The standard InChI is InChI=1S/C17H16N2O3/c1-13(15-5-3-2-4-6-15)18-17(20)12-9-14-7-10-16(11-8-14)19(21)22/h2-13H,1H3,(H,18,20). The van der Waals surface area contributed by atoms with E-state index in [-0.39, 0.29) is 17.6 Å². The Hall–Kier alpha value is -2.95. The highest BCUT2D eigenvalue weighted by atomic mass is 16.6. The van der Waals surface area contributed by atoms with Gasteiger partial charge in [-0.1, -0.05) is 30.3 Å². The molecule has 22 heavy (non-hydrogen) atoms. The summed E-state index contributed by atoms with van der Waals surface area (Å²) in [5.41, 5.74) is 1.78. The van der Waals surface area contributed by atoms with E-state index in [0.29, 0.717) is 0 Å². The van der Waals surface area contributed by atoms with E-state index in [1.807, 2.05) is 37.3 Å². The van der Waals surface area contributed by atoms with Crippen LogP contribution in [-0.4, -0.2) is 10.8 Å². The third-order valence-corrected chi connectivity index (χ3v) is 3.19. The van der Waals surface area contributed by atoms with E-state index < -0.39 is 4.92 Å². The second-order valence-corrected chi connectivity index (χ2v) is 4.82. The van der Waals surface area contributed by atoms with Gasteiger partial charge in [0.05, 0.1) is 11.0 Å². The van der Waals surface area contributed by atoms with Crippen molar-refractivity contribution in [1.29, 1.82) is 0 Å². The molecule has 1 unspecified atom stereocenters. The van der Waals surface area contributed by atoms with Crippen LogP contribution in [0.15, 0.2) is 60.7 Å². The maximum atomic E-state index is 11.9. The Balaban J connectivity index is 1.95. The number of nitro groups is 1. The van der Waals surface area contributed by atoms with Gasteiger partial charge in [-0.3, -0.25) is 14.9 Å². The van der Waals surface area contributed by atoms with Gasteiger partial charge in [0, 0.05) is 18.2 Å². The quantitative estimate of drug-likeness (QED) is 0.521. The number of nitro benzene ring substituents is 1. The average molecular weight is 296 g/mol. The second kappa shape index (κ2) is 7.17. The van der Waals surface area contributed by atoms with E-state index in [2.05, 4.69) is 5.32 Å². The molecule has 5 heteroatoms. The maximum Gasteiger partial charge on any atom is 0.269 e. The van der Waals surface area contributed by atoms with E-state index in [0.717, 1.165) is 11.1 Å². The number of non-ortho nitro benzene ring substituents is 1. The lowest BCUT2D eigenvalue weighted by Crippen LogP contribution is -2.24. The largest absolute Gasteiger partial charge is 0.346 e. The molecule has 0 bridgehead atoms. The van der Waals surface area contributed by atoms with Crippen LogP contribution in [0.5, 0.6) is 0 Å². The number of carbonyl (C=O) groups excluding carboxylic acids is 1. The number of carbonyl (C=O) groups is 1. The van der Waals surface area contributed by atoms with Crippen LogP contribution in [0.3, 0.4) is 0 Å². The molecule has 0 aliphatic carbocycles. The Morgan fingerprint density at radius 3 is 2.36 bits per heavy atom. The first kappa shape index (κ1) is 15.4. The molecule has 1 amide bonds. The number of amides is 1. The van der Waals surface area contributed by atoms with Crippen molar-refractivity contribution in [2.24, 2.45) is 0 Å². The summed E-state index contributed by atoms with van der Waals surface area (Å²) in [4.78, 5) is 22.0. The molecular weight excluding hydrogens is 280 g/mol. The highest BCUT2D eigenvalue weighted by molar-refractivity contribution is 5.92. The lowest BCUT2D eigenvalue weighted by atomic mass is 10.1. The smallest absolute Gasteiger partial charge is 0.269 e. The van der Waals surface area contributed by atoms with Gasteiger partial charge in [-0.2, -0.15) is 0 Å². The SMILES string of the molecule is CC(NC(=O)C=Cc1ccc([N+](=O)[O-])cc1)c1ccccc1. The zero-order chi connectivity index (χ0) is 15.9. The molecule has 0 heterocycles. The molecule has 0 aliphatic rings. The van der Waals surface area contributed by atoms with E-state index in [4.69, 9.17) is 0 Å². The number of hydrogen-bond acceptors (Lipinski definition) is 3. The lowest BCUT2D eigenvalue weighted by Gasteiger charge is -2.12.